The molecule has 0 saturated carbocycles. The Hall–Kier alpha value is -2.99. The normalized spacial score (nSPS) is 12.8. The summed E-state index contributed by atoms with van der Waals surface area (Å²) in [4.78, 5) is 25.2. The second kappa shape index (κ2) is 5.90. The molecule has 6 nitrogen and oxygen atoms in total. The van der Waals surface area contributed by atoms with Gasteiger partial charge in [0, 0.05) is 11.9 Å². The van der Waals surface area contributed by atoms with Crippen LogP contribution < -0.4 is 5.32 Å². The van der Waals surface area contributed by atoms with E-state index in [1.807, 2.05) is 30.4 Å². The first kappa shape index (κ1) is 14.6. The highest BCUT2D eigenvalue weighted by molar-refractivity contribution is 6.29. The molecule has 3 aromatic rings. The lowest BCUT2D eigenvalue weighted by Gasteiger charge is -2.13. The molecule has 0 bridgehead atoms. The zero-order valence-corrected chi connectivity index (χ0v) is 13.2. The molecule has 0 saturated heterocycles. The summed E-state index contributed by atoms with van der Waals surface area (Å²) in [6.45, 7) is 0. The zero-order valence-electron chi connectivity index (χ0n) is 12.5. The Morgan fingerprint density at radius 1 is 1.21 bits per heavy atom. The fourth-order valence-electron chi connectivity index (χ4n) is 2.43. The Morgan fingerprint density at radius 2 is 2.08 bits per heavy atom. The van der Waals surface area contributed by atoms with Gasteiger partial charge in [-0.2, -0.15) is 0 Å². The van der Waals surface area contributed by atoms with Gasteiger partial charge in [0.1, 0.15) is 10.7 Å². The van der Waals surface area contributed by atoms with E-state index in [1.165, 1.54) is 0 Å². The summed E-state index contributed by atoms with van der Waals surface area (Å²) in [6, 6.07) is 8.91. The number of rotatable bonds is 4. The molecule has 1 aliphatic rings. The van der Waals surface area contributed by atoms with Gasteiger partial charge in [0.2, 0.25) is 11.9 Å². The van der Waals surface area contributed by atoms with Crippen LogP contribution in [0.15, 0.2) is 54.8 Å². The maximum atomic E-state index is 12.3. The zero-order chi connectivity index (χ0) is 16.5. The first-order chi connectivity index (χ1) is 11.7. The number of hydrogen-bond donors (Lipinski definition) is 1. The van der Waals surface area contributed by atoms with E-state index in [0.29, 0.717) is 28.0 Å². The van der Waals surface area contributed by atoms with Gasteiger partial charge in [0.15, 0.2) is 5.65 Å². The Balaban J connectivity index is 1.67. The first-order valence-corrected chi connectivity index (χ1v) is 7.72. The largest absolute Gasteiger partial charge is 0.295 e. The molecule has 1 amide bonds. The van der Waals surface area contributed by atoms with Crippen LogP contribution in [-0.2, 0) is 11.2 Å². The van der Waals surface area contributed by atoms with E-state index in [2.05, 4.69) is 20.3 Å². The van der Waals surface area contributed by atoms with Crippen LogP contribution in [0.2, 0.25) is 5.15 Å². The predicted molar refractivity (Wildman–Crippen MR) is 92.5 cm³/mol. The molecular weight excluding hydrogens is 326 g/mol. The standard InChI is InChI=1S/C17H12ClN5O/c18-14-8-7-13-16(21-14)23(12-5-3-6-12)17(20-13)22-15(24)10-11-4-1-2-9-19-11/h1-9H,10H2,(H,20,22,24). The van der Waals surface area contributed by atoms with E-state index < -0.39 is 0 Å². The lowest BCUT2D eigenvalue weighted by Crippen LogP contribution is -2.18. The molecule has 0 spiro atoms. The van der Waals surface area contributed by atoms with Crippen LogP contribution in [0.25, 0.3) is 16.9 Å². The SMILES string of the molecule is O=C(Cc1ccccn1)Nc1nc2ccc(Cl)nc2n1C1=CC=C1. The Kier molecular flexibility index (Phi) is 3.59. The molecule has 4 rings (SSSR count). The van der Waals surface area contributed by atoms with Gasteiger partial charge in [0.05, 0.1) is 12.1 Å². The average Bonchev–Trinajstić information content (AvgIpc) is 2.84. The number of nitrogens with one attached hydrogen (secondary N) is 1. The van der Waals surface area contributed by atoms with Gasteiger partial charge in [-0.25, -0.2) is 9.97 Å². The lowest BCUT2D eigenvalue weighted by molar-refractivity contribution is -0.115. The fourth-order valence-corrected chi connectivity index (χ4v) is 2.57. The van der Waals surface area contributed by atoms with E-state index in [9.17, 15) is 4.79 Å². The minimum absolute atomic E-state index is 0.174. The van der Waals surface area contributed by atoms with Gasteiger partial charge in [0.25, 0.3) is 0 Å². The maximum absolute atomic E-state index is 12.3. The number of anilines is 1. The lowest BCUT2D eigenvalue weighted by atomic mass is 10.2. The Morgan fingerprint density at radius 3 is 2.79 bits per heavy atom. The van der Waals surface area contributed by atoms with E-state index in [4.69, 9.17) is 11.6 Å². The summed E-state index contributed by atoms with van der Waals surface area (Å²) < 4.78 is 1.78. The average molecular weight is 338 g/mol. The summed E-state index contributed by atoms with van der Waals surface area (Å²) in [5.41, 5.74) is 2.85. The first-order valence-electron chi connectivity index (χ1n) is 7.34. The second-order valence-electron chi connectivity index (χ2n) is 5.24. The number of pyridine rings is 2. The third-order valence-electron chi connectivity index (χ3n) is 3.58. The van der Waals surface area contributed by atoms with Gasteiger partial charge >= 0.3 is 0 Å². The van der Waals surface area contributed by atoms with Crippen LogP contribution >= 0.6 is 11.6 Å². The van der Waals surface area contributed by atoms with E-state index in [-0.39, 0.29) is 12.3 Å². The predicted octanol–water partition coefficient (Wildman–Crippen LogP) is 3.07. The van der Waals surface area contributed by atoms with Crippen molar-refractivity contribution < 1.29 is 4.79 Å². The van der Waals surface area contributed by atoms with Crippen LogP contribution in [-0.4, -0.2) is 25.4 Å². The van der Waals surface area contributed by atoms with Gasteiger partial charge < -0.3 is 0 Å². The number of aromatic nitrogens is 4. The van der Waals surface area contributed by atoms with Crippen molar-refractivity contribution in [2.75, 3.05) is 5.32 Å². The minimum atomic E-state index is -0.194. The fraction of sp³-hybridized carbons (Fsp3) is 0.0588. The number of nitrogens with zero attached hydrogens (tertiary/aromatic N) is 4. The Bertz CT molecular complexity index is 991. The van der Waals surface area contributed by atoms with Crippen LogP contribution in [0, 0.1) is 0 Å². The van der Waals surface area contributed by atoms with Crippen molar-refractivity contribution in [3.8, 4) is 0 Å². The summed E-state index contributed by atoms with van der Waals surface area (Å²) in [5.74, 6) is 0.219. The van der Waals surface area contributed by atoms with Crippen molar-refractivity contribution in [2.24, 2.45) is 0 Å². The molecule has 3 aromatic heterocycles. The quantitative estimate of drug-likeness (QED) is 0.743. The number of halogens is 1. The van der Waals surface area contributed by atoms with E-state index in [1.54, 1.807) is 29.0 Å². The van der Waals surface area contributed by atoms with E-state index in [0.717, 1.165) is 5.70 Å². The number of amides is 1. The molecule has 0 aliphatic heterocycles. The van der Waals surface area contributed by atoms with Crippen molar-refractivity contribution >= 4 is 40.3 Å². The second-order valence-corrected chi connectivity index (χ2v) is 5.63. The summed E-state index contributed by atoms with van der Waals surface area (Å²) >= 11 is 5.99. The third-order valence-corrected chi connectivity index (χ3v) is 3.79. The highest BCUT2D eigenvalue weighted by atomic mass is 35.5. The molecule has 24 heavy (non-hydrogen) atoms. The monoisotopic (exact) mass is 337 g/mol. The molecule has 0 atom stereocenters. The molecule has 118 valence electrons. The van der Waals surface area contributed by atoms with Gasteiger partial charge in [-0.05, 0) is 36.4 Å². The maximum Gasteiger partial charge on any atom is 0.232 e. The van der Waals surface area contributed by atoms with Crippen molar-refractivity contribution in [3.63, 3.8) is 0 Å². The van der Waals surface area contributed by atoms with Crippen molar-refractivity contribution in [3.05, 3.63) is 65.6 Å². The molecule has 7 heteroatoms. The molecule has 1 aliphatic carbocycles. The van der Waals surface area contributed by atoms with Crippen LogP contribution in [0.5, 0.6) is 0 Å². The molecule has 0 fully saturated rings. The van der Waals surface area contributed by atoms with Crippen LogP contribution in [0.3, 0.4) is 0 Å². The number of imidazole rings is 1. The molecule has 0 aromatic carbocycles. The topological polar surface area (TPSA) is 72.7 Å². The molecule has 0 unspecified atom stereocenters. The number of fused-ring (bicyclic) bond motifs is 1. The molecule has 1 N–H and O–H groups in total. The summed E-state index contributed by atoms with van der Waals surface area (Å²) in [6.07, 6.45) is 7.57. The van der Waals surface area contributed by atoms with Gasteiger partial charge in [-0.1, -0.05) is 23.7 Å². The van der Waals surface area contributed by atoms with Gasteiger partial charge in [-0.15, -0.1) is 0 Å². The third kappa shape index (κ3) is 2.68. The van der Waals surface area contributed by atoms with Crippen molar-refractivity contribution in [1.82, 2.24) is 19.5 Å². The number of hydrogen-bond acceptors (Lipinski definition) is 4. The molecule has 3 heterocycles. The highest BCUT2D eigenvalue weighted by Crippen LogP contribution is 2.27. The minimum Gasteiger partial charge on any atom is -0.295 e. The number of carbonyl (C=O) groups excluding carboxylic acids is 1. The van der Waals surface area contributed by atoms with Crippen molar-refractivity contribution in [2.45, 2.75) is 6.42 Å². The Labute approximate surface area is 142 Å². The molecular formula is C17H12ClN5O. The van der Waals surface area contributed by atoms with Crippen LogP contribution in [0.1, 0.15) is 5.69 Å². The smallest absolute Gasteiger partial charge is 0.232 e. The number of carbonyl (C=O) groups is 1. The summed E-state index contributed by atoms with van der Waals surface area (Å²) in [7, 11) is 0. The highest BCUT2D eigenvalue weighted by Gasteiger charge is 2.18. The number of allylic oxidation sites excluding steroid dienone is 4. The molecule has 0 radical (unpaired) electrons. The summed E-state index contributed by atoms with van der Waals surface area (Å²) in [5, 5.41) is 3.21. The van der Waals surface area contributed by atoms with Crippen molar-refractivity contribution in [1.29, 1.82) is 0 Å². The van der Waals surface area contributed by atoms with Crippen LogP contribution in [0.4, 0.5) is 5.95 Å². The van der Waals surface area contributed by atoms with E-state index >= 15 is 0 Å². The van der Waals surface area contributed by atoms with Gasteiger partial charge in [-0.3, -0.25) is 19.7 Å².